The van der Waals surface area contributed by atoms with Crippen molar-refractivity contribution >= 4 is 85.5 Å². The zero-order chi connectivity index (χ0) is 37.5. The van der Waals surface area contributed by atoms with Crippen molar-refractivity contribution in [1.82, 2.24) is 4.98 Å². The second-order valence-corrected chi connectivity index (χ2v) is 16.0. The van der Waals surface area contributed by atoms with E-state index in [0.29, 0.717) is 0 Å². The van der Waals surface area contributed by atoms with Crippen LogP contribution in [0.25, 0.3) is 119 Å². The summed E-state index contributed by atoms with van der Waals surface area (Å²) in [5, 5.41) is 13.8. The molecule has 0 unspecified atom stereocenters. The normalized spacial score (nSPS) is 11.9. The molecule has 57 heavy (non-hydrogen) atoms. The first-order valence-electron chi connectivity index (χ1n) is 19.5. The minimum atomic E-state index is 1.01. The predicted molar refractivity (Wildman–Crippen MR) is 246 cm³/mol. The van der Waals surface area contributed by atoms with Gasteiger partial charge in [0.1, 0.15) is 0 Å². The zero-order valence-electron chi connectivity index (χ0n) is 30.9. The highest BCUT2D eigenvalue weighted by atomic mass is 32.1. The molecule has 0 N–H and O–H groups in total. The summed E-state index contributed by atoms with van der Waals surface area (Å²) in [7, 11) is 0. The molecule has 0 fully saturated rings. The highest BCUT2D eigenvalue weighted by Crippen LogP contribution is 2.50. The molecule has 12 aromatic rings. The Morgan fingerprint density at radius 1 is 0.316 bits per heavy atom. The molecule has 0 aliphatic rings. The Morgan fingerprint density at radius 3 is 1.42 bits per heavy atom. The average Bonchev–Trinajstić information content (AvgIpc) is 3.66. The molecule has 0 saturated heterocycles. The zero-order valence-corrected chi connectivity index (χ0v) is 31.7. The first kappa shape index (κ1) is 32.1. The van der Waals surface area contributed by atoms with Gasteiger partial charge in [-0.1, -0.05) is 164 Å². The molecule has 2 heterocycles. The van der Waals surface area contributed by atoms with Gasteiger partial charge in [0.25, 0.3) is 0 Å². The highest BCUT2D eigenvalue weighted by Gasteiger charge is 2.21. The second-order valence-electron chi connectivity index (χ2n) is 15.0. The van der Waals surface area contributed by atoms with Gasteiger partial charge in [-0.15, -0.1) is 11.3 Å². The van der Waals surface area contributed by atoms with Crippen molar-refractivity contribution in [1.29, 1.82) is 0 Å². The van der Waals surface area contributed by atoms with Gasteiger partial charge in [-0.3, -0.25) is 4.98 Å². The van der Waals surface area contributed by atoms with E-state index in [0.717, 1.165) is 10.9 Å². The van der Waals surface area contributed by atoms with Gasteiger partial charge in [0.15, 0.2) is 0 Å². The van der Waals surface area contributed by atoms with Gasteiger partial charge in [-0.25, -0.2) is 0 Å². The van der Waals surface area contributed by atoms with Crippen molar-refractivity contribution in [2.24, 2.45) is 0 Å². The minimum absolute atomic E-state index is 1.01. The van der Waals surface area contributed by atoms with Crippen LogP contribution in [0.15, 0.2) is 200 Å². The van der Waals surface area contributed by atoms with Crippen molar-refractivity contribution in [3.63, 3.8) is 0 Å². The number of pyridine rings is 1. The fourth-order valence-electron chi connectivity index (χ4n) is 9.50. The molecule has 0 spiro atoms. The number of aromatic nitrogens is 1. The third kappa shape index (κ3) is 4.91. The van der Waals surface area contributed by atoms with Crippen LogP contribution in [-0.2, 0) is 0 Å². The fraction of sp³-hybridized carbons (Fsp3) is 0. The van der Waals surface area contributed by atoms with Gasteiger partial charge in [-0.05, 0) is 118 Å². The van der Waals surface area contributed by atoms with E-state index in [1.54, 1.807) is 0 Å². The van der Waals surface area contributed by atoms with Crippen LogP contribution in [0.1, 0.15) is 0 Å². The lowest BCUT2D eigenvalue weighted by molar-refractivity contribution is 1.41. The van der Waals surface area contributed by atoms with Crippen LogP contribution in [0.3, 0.4) is 0 Å². The monoisotopic (exact) mass is 739 g/mol. The smallest absolute Gasteiger partial charge is 0.0708 e. The van der Waals surface area contributed by atoms with E-state index >= 15 is 0 Å². The van der Waals surface area contributed by atoms with Gasteiger partial charge in [-0.2, -0.15) is 0 Å². The summed E-state index contributed by atoms with van der Waals surface area (Å²) in [6, 6.07) is 71.5. The molecule has 0 amide bonds. The number of fused-ring (bicyclic) bond motifs is 8. The fourth-order valence-corrected chi connectivity index (χ4v) is 10.6. The number of thiophene rings is 1. The van der Waals surface area contributed by atoms with Crippen LogP contribution >= 0.6 is 11.3 Å². The lowest BCUT2D eigenvalue weighted by atomic mass is 9.84. The first-order valence-corrected chi connectivity index (χ1v) is 20.4. The Labute approximate surface area is 333 Å². The molecule has 10 aromatic carbocycles. The van der Waals surface area contributed by atoms with E-state index in [1.165, 1.54) is 108 Å². The number of hydrogen-bond donors (Lipinski definition) is 0. The minimum Gasteiger partial charge on any atom is -0.256 e. The molecule has 0 atom stereocenters. The largest absolute Gasteiger partial charge is 0.256 e. The Morgan fingerprint density at radius 2 is 0.825 bits per heavy atom. The van der Waals surface area contributed by atoms with Crippen LogP contribution in [0.5, 0.6) is 0 Å². The number of nitrogens with zero attached hydrogens (tertiary/aromatic N) is 1. The summed E-state index contributed by atoms with van der Waals surface area (Å²) in [4.78, 5) is 4.73. The molecule has 0 bridgehead atoms. The van der Waals surface area contributed by atoms with E-state index < -0.39 is 0 Å². The number of rotatable bonds is 4. The van der Waals surface area contributed by atoms with Crippen LogP contribution in [0.4, 0.5) is 0 Å². The Balaban J connectivity index is 1.15. The first-order chi connectivity index (χ1) is 28.3. The maximum Gasteiger partial charge on any atom is 0.0708 e. The molecule has 0 saturated carbocycles. The molecule has 0 radical (unpaired) electrons. The third-order valence-electron chi connectivity index (χ3n) is 11.9. The van der Waals surface area contributed by atoms with E-state index in [1.807, 2.05) is 23.6 Å². The van der Waals surface area contributed by atoms with Crippen LogP contribution < -0.4 is 0 Å². The summed E-state index contributed by atoms with van der Waals surface area (Å²) >= 11 is 1.89. The van der Waals surface area contributed by atoms with Crippen LogP contribution in [-0.4, -0.2) is 4.98 Å². The summed E-state index contributed by atoms with van der Waals surface area (Å²) in [6.45, 7) is 0. The van der Waals surface area contributed by atoms with Gasteiger partial charge in [0.2, 0.25) is 0 Å². The van der Waals surface area contributed by atoms with E-state index in [9.17, 15) is 0 Å². The molecule has 264 valence electrons. The Hall–Kier alpha value is -7.13. The summed E-state index contributed by atoms with van der Waals surface area (Å²) in [5.41, 5.74) is 11.0. The molecule has 0 aliphatic carbocycles. The van der Waals surface area contributed by atoms with Crippen molar-refractivity contribution in [2.45, 2.75) is 0 Å². The van der Waals surface area contributed by atoms with Crippen molar-refractivity contribution in [3.05, 3.63) is 200 Å². The molecule has 2 aromatic heterocycles. The molecule has 2 heteroatoms. The lowest BCUT2D eigenvalue weighted by Crippen LogP contribution is -1.92. The van der Waals surface area contributed by atoms with Gasteiger partial charge in [0.05, 0.1) is 5.52 Å². The van der Waals surface area contributed by atoms with Crippen molar-refractivity contribution in [2.75, 3.05) is 0 Å². The summed E-state index contributed by atoms with van der Waals surface area (Å²) < 4.78 is 2.59. The summed E-state index contributed by atoms with van der Waals surface area (Å²) in [5.74, 6) is 0. The van der Waals surface area contributed by atoms with E-state index in [-0.39, 0.29) is 0 Å². The quantitative estimate of drug-likeness (QED) is 0.164. The lowest BCUT2D eigenvalue weighted by Gasteiger charge is -2.19. The van der Waals surface area contributed by atoms with Crippen molar-refractivity contribution < 1.29 is 0 Å². The average molecular weight is 740 g/mol. The van der Waals surface area contributed by atoms with Gasteiger partial charge >= 0.3 is 0 Å². The molecular weight excluding hydrogens is 707 g/mol. The highest BCUT2D eigenvalue weighted by molar-refractivity contribution is 7.26. The number of benzene rings is 10. The molecule has 1 nitrogen and oxygen atoms in total. The van der Waals surface area contributed by atoms with Crippen LogP contribution in [0.2, 0.25) is 0 Å². The Kier molecular flexibility index (Phi) is 7.17. The second kappa shape index (κ2) is 12.7. The van der Waals surface area contributed by atoms with Gasteiger partial charge < -0.3 is 0 Å². The van der Waals surface area contributed by atoms with Gasteiger partial charge in [0, 0.05) is 31.8 Å². The molecule has 12 rings (SSSR count). The van der Waals surface area contributed by atoms with E-state index in [2.05, 4.69) is 188 Å². The maximum atomic E-state index is 4.73. The van der Waals surface area contributed by atoms with Crippen molar-refractivity contribution in [3.8, 4) is 44.5 Å². The maximum absolute atomic E-state index is 4.73. The molecular formula is C55H33NS. The topological polar surface area (TPSA) is 12.9 Å². The van der Waals surface area contributed by atoms with E-state index in [4.69, 9.17) is 4.98 Å². The summed E-state index contributed by atoms with van der Waals surface area (Å²) in [6.07, 6.45) is 1.88. The number of hydrogen-bond acceptors (Lipinski definition) is 2. The predicted octanol–water partition coefficient (Wildman–Crippen LogP) is 15.9. The standard InChI is InChI=1S/C55H33NS/c1-2-14-35(15-3-1)51-38-17-4-6-19-40(38)52(41-20-7-5-18-39(41)51)36-29-30-49-47(32-36)55-46(25-12-26-50(55)57-49)54-44-23-10-8-21-42(44)53(43-22-9-11-24-45(43)54)37-28-27-34-16-13-31-56-48(34)33-37/h1-33H. The third-order valence-corrected chi connectivity index (χ3v) is 13.0. The SMILES string of the molecule is c1ccc(-c2c3ccccc3c(-c3ccc4sc5cccc(-c6c7ccccc7c(-c7ccc8cccnc8c7)c7ccccc67)c5c4c3)c3ccccc23)cc1. The van der Waals surface area contributed by atoms with Crippen LogP contribution in [0, 0.1) is 0 Å². The Bertz CT molecular complexity index is 3460. The molecule has 0 aliphatic heterocycles.